The second-order valence-corrected chi connectivity index (χ2v) is 5.49. The molecule has 0 radical (unpaired) electrons. The van der Waals surface area contributed by atoms with Gasteiger partial charge in [0, 0.05) is 23.6 Å². The highest BCUT2D eigenvalue weighted by molar-refractivity contribution is 7.15. The number of carbonyl (C=O) groups is 1. The minimum absolute atomic E-state index is 0.117. The van der Waals surface area contributed by atoms with Crippen LogP contribution in [0.2, 0.25) is 0 Å². The number of benzene rings is 1. The fourth-order valence-electron chi connectivity index (χ4n) is 1.71. The van der Waals surface area contributed by atoms with Crippen molar-refractivity contribution in [2.24, 2.45) is 0 Å². The first kappa shape index (κ1) is 12.7. The lowest BCUT2D eigenvalue weighted by Gasteiger charge is -2.00. The highest BCUT2D eigenvalue weighted by atomic mass is 32.1. The highest BCUT2D eigenvalue weighted by Crippen LogP contribution is 2.42. The summed E-state index contributed by atoms with van der Waals surface area (Å²) in [5.41, 5.74) is 0.107. The molecule has 102 valence electrons. The maximum absolute atomic E-state index is 12.0. The van der Waals surface area contributed by atoms with E-state index in [9.17, 15) is 14.9 Å². The van der Waals surface area contributed by atoms with Crippen LogP contribution in [0.4, 0.5) is 10.8 Å². The first-order chi connectivity index (χ1) is 9.63. The number of nitrogens with zero attached hydrogens (tertiary/aromatic N) is 3. The van der Waals surface area contributed by atoms with E-state index >= 15 is 0 Å². The van der Waals surface area contributed by atoms with E-state index in [0.29, 0.717) is 11.0 Å². The van der Waals surface area contributed by atoms with Crippen molar-refractivity contribution in [2.75, 3.05) is 5.32 Å². The summed E-state index contributed by atoms with van der Waals surface area (Å²) in [7, 11) is 0. The van der Waals surface area contributed by atoms with Gasteiger partial charge in [-0.15, -0.1) is 10.2 Å². The number of anilines is 1. The van der Waals surface area contributed by atoms with Gasteiger partial charge >= 0.3 is 0 Å². The second-order valence-electron chi connectivity index (χ2n) is 4.48. The number of nitro benzene ring substituents is 1. The van der Waals surface area contributed by atoms with Crippen molar-refractivity contribution in [2.45, 2.75) is 18.8 Å². The molecule has 0 bridgehead atoms. The van der Waals surface area contributed by atoms with Gasteiger partial charge in [0.05, 0.1) is 4.92 Å². The van der Waals surface area contributed by atoms with Crippen LogP contribution in [0, 0.1) is 10.1 Å². The third-order valence-electron chi connectivity index (χ3n) is 2.91. The Balaban J connectivity index is 1.74. The lowest BCUT2D eigenvalue weighted by molar-refractivity contribution is -0.384. The monoisotopic (exact) mass is 290 g/mol. The van der Waals surface area contributed by atoms with Gasteiger partial charge in [-0.05, 0) is 18.9 Å². The van der Waals surface area contributed by atoms with Gasteiger partial charge in [-0.1, -0.05) is 17.4 Å². The number of nitro groups is 1. The van der Waals surface area contributed by atoms with Gasteiger partial charge < -0.3 is 0 Å². The molecule has 0 unspecified atom stereocenters. The van der Waals surface area contributed by atoms with Crippen molar-refractivity contribution < 1.29 is 9.72 Å². The molecule has 1 fully saturated rings. The Bertz CT molecular complexity index is 681. The van der Waals surface area contributed by atoms with E-state index in [1.807, 2.05) is 0 Å². The predicted octanol–water partition coefficient (Wildman–Crippen LogP) is 2.58. The standard InChI is InChI=1S/C12H10N4O3S/c17-10(8-2-1-3-9(6-8)16(18)19)13-12-15-14-11(20-12)7-4-5-7/h1-3,6-7H,4-5H2,(H,13,15,17). The summed E-state index contributed by atoms with van der Waals surface area (Å²) in [5, 5.41) is 22.6. The molecule has 0 atom stereocenters. The smallest absolute Gasteiger partial charge is 0.270 e. The van der Waals surface area contributed by atoms with Crippen molar-refractivity contribution in [3.63, 3.8) is 0 Å². The zero-order valence-corrected chi connectivity index (χ0v) is 11.1. The van der Waals surface area contributed by atoms with Crippen LogP contribution in [0.3, 0.4) is 0 Å². The van der Waals surface area contributed by atoms with Crippen LogP contribution in [-0.4, -0.2) is 21.0 Å². The molecule has 2 aromatic rings. The predicted molar refractivity (Wildman–Crippen MR) is 72.9 cm³/mol. The van der Waals surface area contributed by atoms with E-state index in [1.165, 1.54) is 35.6 Å². The molecule has 0 saturated heterocycles. The summed E-state index contributed by atoms with van der Waals surface area (Å²) in [6.07, 6.45) is 2.24. The average molecular weight is 290 g/mol. The van der Waals surface area contributed by atoms with Crippen LogP contribution in [-0.2, 0) is 0 Å². The molecule has 7 nitrogen and oxygen atoms in total. The molecular formula is C12H10N4O3S. The number of hydrogen-bond donors (Lipinski definition) is 1. The Labute approximate surface area is 117 Å². The lowest BCUT2D eigenvalue weighted by Crippen LogP contribution is -2.11. The van der Waals surface area contributed by atoms with Crippen molar-refractivity contribution >= 4 is 28.1 Å². The van der Waals surface area contributed by atoms with Crippen molar-refractivity contribution in [3.8, 4) is 0 Å². The molecule has 3 rings (SSSR count). The molecule has 1 aromatic carbocycles. The Morgan fingerprint density at radius 3 is 2.90 bits per heavy atom. The number of carbonyl (C=O) groups excluding carboxylic acids is 1. The summed E-state index contributed by atoms with van der Waals surface area (Å²) in [4.78, 5) is 22.1. The minimum atomic E-state index is -0.535. The summed E-state index contributed by atoms with van der Waals surface area (Å²) < 4.78 is 0. The van der Waals surface area contributed by atoms with Crippen LogP contribution in [0.15, 0.2) is 24.3 Å². The SMILES string of the molecule is O=C(Nc1nnc(C2CC2)s1)c1cccc([N+](=O)[O-])c1. The first-order valence-electron chi connectivity index (χ1n) is 6.02. The molecule has 1 saturated carbocycles. The topological polar surface area (TPSA) is 98.0 Å². The Morgan fingerprint density at radius 2 is 2.20 bits per heavy atom. The Morgan fingerprint density at radius 1 is 1.40 bits per heavy atom. The van der Waals surface area contributed by atoms with Gasteiger partial charge in [0.1, 0.15) is 5.01 Å². The number of non-ortho nitro benzene ring substituents is 1. The number of rotatable bonds is 4. The maximum atomic E-state index is 12.0. The fourth-order valence-corrected chi connectivity index (χ4v) is 2.62. The maximum Gasteiger partial charge on any atom is 0.270 e. The number of nitrogens with one attached hydrogen (secondary N) is 1. The zero-order valence-electron chi connectivity index (χ0n) is 10.3. The fraction of sp³-hybridized carbons (Fsp3) is 0.250. The summed E-state index contributed by atoms with van der Waals surface area (Å²) >= 11 is 1.35. The molecule has 8 heteroatoms. The van der Waals surface area contributed by atoms with Crippen molar-refractivity contribution in [3.05, 3.63) is 45.0 Å². The zero-order chi connectivity index (χ0) is 14.1. The molecule has 20 heavy (non-hydrogen) atoms. The van der Waals surface area contributed by atoms with Crippen LogP contribution >= 0.6 is 11.3 Å². The summed E-state index contributed by atoms with van der Waals surface area (Å²) in [6.45, 7) is 0. The molecule has 1 aliphatic carbocycles. The normalized spacial score (nSPS) is 14.0. The van der Waals surface area contributed by atoms with Gasteiger partial charge in [-0.25, -0.2) is 0 Å². The van der Waals surface area contributed by atoms with E-state index < -0.39 is 10.8 Å². The van der Waals surface area contributed by atoms with E-state index in [2.05, 4.69) is 15.5 Å². The largest absolute Gasteiger partial charge is 0.296 e. The average Bonchev–Trinajstić information content (AvgIpc) is 3.20. The number of amides is 1. The molecule has 1 amide bonds. The third kappa shape index (κ3) is 2.64. The van der Waals surface area contributed by atoms with Crippen LogP contribution in [0.25, 0.3) is 0 Å². The molecule has 1 N–H and O–H groups in total. The first-order valence-corrected chi connectivity index (χ1v) is 6.84. The van der Waals surface area contributed by atoms with Gasteiger partial charge in [-0.2, -0.15) is 0 Å². The highest BCUT2D eigenvalue weighted by Gasteiger charge is 2.27. The minimum Gasteiger partial charge on any atom is -0.296 e. The Kier molecular flexibility index (Phi) is 3.15. The van der Waals surface area contributed by atoms with E-state index in [-0.39, 0.29) is 11.3 Å². The summed E-state index contributed by atoms with van der Waals surface area (Å²) in [5.74, 6) is 0.0585. The quantitative estimate of drug-likeness (QED) is 0.689. The second kappa shape index (κ2) is 4.97. The van der Waals surface area contributed by atoms with Gasteiger partial charge in [0.15, 0.2) is 0 Å². The lowest BCUT2D eigenvalue weighted by atomic mass is 10.2. The number of hydrogen-bond acceptors (Lipinski definition) is 6. The number of aromatic nitrogens is 2. The van der Waals surface area contributed by atoms with Crippen LogP contribution < -0.4 is 5.32 Å². The van der Waals surface area contributed by atoms with Crippen LogP contribution in [0.5, 0.6) is 0 Å². The third-order valence-corrected chi connectivity index (χ3v) is 3.91. The molecule has 1 heterocycles. The summed E-state index contributed by atoms with van der Waals surface area (Å²) in [6, 6.07) is 5.57. The van der Waals surface area contributed by atoms with Gasteiger partial charge in [0.25, 0.3) is 11.6 Å². The van der Waals surface area contributed by atoms with Gasteiger partial charge in [-0.3, -0.25) is 20.2 Å². The van der Waals surface area contributed by atoms with Crippen molar-refractivity contribution in [1.82, 2.24) is 10.2 Å². The van der Waals surface area contributed by atoms with E-state index in [4.69, 9.17) is 0 Å². The molecule has 0 spiro atoms. The van der Waals surface area contributed by atoms with Crippen LogP contribution in [0.1, 0.15) is 34.1 Å². The van der Waals surface area contributed by atoms with Crippen molar-refractivity contribution in [1.29, 1.82) is 0 Å². The molecular weight excluding hydrogens is 280 g/mol. The van der Waals surface area contributed by atoms with E-state index in [0.717, 1.165) is 17.8 Å². The molecule has 1 aliphatic rings. The van der Waals surface area contributed by atoms with Gasteiger partial charge in [0.2, 0.25) is 5.13 Å². The Hall–Kier alpha value is -2.35. The molecule has 0 aliphatic heterocycles. The van der Waals surface area contributed by atoms with E-state index in [1.54, 1.807) is 0 Å². The molecule has 1 aromatic heterocycles.